The smallest absolute Gasteiger partial charge is 0.352 e. The second-order valence-corrected chi connectivity index (χ2v) is 7.30. The molecule has 0 amide bonds. The number of carbonyl (C=O) groups excluding carboxylic acids is 1. The Morgan fingerprint density at radius 2 is 1.92 bits per heavy atom. The van der Waals surface area contributed by atoms with Crippen molar-refractivity contribution >= 4 is 21.7 Å². The molecule has 0 aliphatic carbocycles. The van der Waals surface area contributed by atoms with Gasteiger partial charge in [0.1, 0.15) is 6.73 Å². The van der Waals surface area contributed by atoms with Crippen LogP contribution in [0, 0.1) is 6.92 Å². The number of esters is 1. The molecule has 0 aliphatic heterocycles. The summed E-state index contributed by atoms with van der Waals surface area (Å²) < 4.78 is 33.3. The van der Waals surface area contributed by atoms with Crippen molar-refractivity contribution in [2.24, 2.45) is 0 Å². The van der Waals surface area contributed by atoms with E-state index in [1.165, 1.54) is 11.1 Å². The van der Waals surface area contributed by atoms with Gasteiger partial charge in [-0.15, -0.1) is 0 Å². The van der Waals surface area contributed by atoms with E-state index in [0.29, 0.717) is 6.61 Å². The van der Waals surface area contributed by atoms with Crippen LogP contribution in [-0.2, 0) is 30.7 Å². The number of nitrogen functional groups attached to an aromatic ring is 1. The summed E-state index contributed by atoms with van der Waals surface area (Å²) in [5.41, 5.74) is 6.96. The first-order chi connectivity index (χ1) is 12.2. The molecule has 1 unspecified atom stereocenters. The SMILES string of the molecule is CCOCN(CC)S(=O)(=O)C(O)C(=O)OC.CCc1cccc(C)c1N. The van der Waals surface area contributed by atoms with Crippen molar-refractivity contribution in [3.05, 3.63) is 29.3 Å². The molecule has 0 saturated heterocycles. The quantitative estimate of drug-likeness (QED) is 0.390. The first-order valence-electron chi connectivity index (χ1n) is 8.33. The second-order valence-electron chi connectivity index (χ2n) is 5.31. The number of aliphatic hydroxyl groups is 1. The molecular formula is C17H30N2O6S. The fourth-order valence-electron chi connectivity index (χ4n) is 1.95. The average Bonchev–Trinajstić information content (AvgIpc) is 2.63. The van der Waals surface area contributed by atoms with E-state index in [2.05, 4.69) is 17.7 Å². The molecule has 0 fully saturated rings. The molecule has 1 aromatic carbocycles. The fourth-order valence-corrected chi connectivity index (χ4v) is 3.15. The zero-order valence-electron chi connectivity index (χ0n) is 16.1. The van der Waals surface area contributed by atoms with Gasteiger partial charge in [0.25, 0.3) is 15.5 Å². The van der Waals surface area contributed by atoms with E-state index in [4.69, 9.17) is 10.5 Å². The number of nitrogens with zero attached hydrogens (tertiary/aromatic N) is 1. The highest BCUT2D eigenvalue weighted by atomic mass is 32.2. The molecule has 1 rings (SSSR count). The molecule has 0 heterocycles. The van der Waals surface area contributed by atoms with Crippen LogP contribution >= 0.6 is 0 Å². The van der Waals surface area contributed by atoms with Gasteiger partial charge in [0, 0.05) is 18.8 Å². The van der Waals surface area contributed by atoms with E-state index >= 15 is 0 Å². The van der Waals surface area contributed by atoms with Crippen LogP contribution in [0.1, 0.15) is 31.9 Å². The molecule has 1 aromatic rings. The van der Waals surface area contributed by atoms with Gasteiger partial charge in [0.2, 0.25) is 0 Å². The summed E-state index contributed by atoms with van der Waals surface area (Å²) in [5, 5.41) is 9.29. The maximum Gasteiger partial charge on any atom is 0.352 e. The minimum absolute atomic E-state index is 0.0936. The summed E-state index contributed by atoms with van der Waals surface area (Å²) in [5.74, 6) is -1.21. The van der Waals surface area contributed by atoms with Crippen LogP contribution < -0.4 is 5.73 Å². The molecule has 0 aromatic heterocycles. The molecule has 0 bridgehead atoms. The zero-order valence-corrected chi connectivity index (χ0v) is 16.9. The van der Waals surface area contributed by atoms with Crippen molar-refractivity contribution in [1.82, 2.24) is 4.31 Å². The monoisotopic (exact) mass is 390 g/mol. The summed E-state index contributed by atoms with van der Waals surface area (Å²) >= 11 is 0. The summed E-state index contributed by atoms with van der Waals surface area (Å²) in [7, 11) is -3.15. The first kappa shape index (κ1) is 24.3. The van der Waals surface area contributed by atoms with Crippen LogP contribution in [-0.4, -0.2) is 56.2 Å². The van der Waals surface area contributed by atoms with E-state index in [0.717, 1.165) is 23.5 Å². The summed E-state index contributed by atoms with van der Waals surface area (Å²) in [4.78, 5) is 10.9. The molecule has 9 heteroatoms. The molecule has 0 saturated carbocycles. The van der Waals surface area contributed by atoms with E-state index < -0.39 is 21.4 Å². The Bertz CT molecular complexity index is 663. The number of carbonyl (C=O) groups is 1. The molecule has 150 valence electrons. The molecule has 8 nitrogen and oxygen atoms in total. The molecule has 0 radical (unpaired) electrons. The largest absolute Gasteiger partial charge is 0.466 e. The van der Waals surface area contributed by atoms with Crippen LogP contribution in [0.4, 0.5) is 5.69 Å². The van der Waals surface area contributed by atoms with Gasteiger partial charge in [-0.2, -0.15) is 4.31 Å². The van der Waals surface area contributed by atoms with Crippen LogP contribution in [0.2, 0.25) is 0 Å². The predicted molar refractivity (Wildman–Crippen MR) is 101 cm³/mol. The van der Waals surface area contributed by atoms with E-state index in [-0.39, 0.29) is 13.3 Å². The zero-order chi connectivity index (χ0) is 20.3. The Kier molecular flexibility index (Phi) is 11.1. The van der Waals surface area contributed by atoms with Crippen molar-refractivity contribution in [3.63, 3.8) is 0 Å². The number of sulfonamides is 1. The van der Waals surface area contributed by atoms with E-state index in [1.54, 1.807) is 13.8 Å². The maximum absolute atomic E-state index is 11.7. The van der Waals surface area contributed by atoms with Crippen molar-refractivity contribution in [3.8, 4) is 0 Å². The first-order valence-corrected chi connectivity index (χ1v) is 9.84. The van der Waals surface area contributed by atoms with Gasteiger partial charge in [-0.3, -0.25) is 0 Å². The highest BCUT2D eigenvalue weighted by Gasteiger charge is 2.36. The molecule has 26 heavy (non-hydrogen) atoms. The third kappa shape index (κ3) is 6.91. The third-order valence-corrected chi connectivity index (χ3v) is 5.47. The Morgan fingerprint density at radius 1 is 1.31 bits per heavy atom. The number of rotatable bonds is 8. The number of methoxy groups -OCH3 is 1. The van der Waals surface area contributed by atoms with Gasteiger partial charge < -0.3 is 20.3 Å². The molecule has 3 N–H and O–H groups in total. The van der Waals surface area contributed by atoms with Crippen molar-refractivity contribution in [2.75, 3.05) is 32.7 Å². The van der Waals surface area contributed by atoms with Crippen LogP contribution in [0.5, 0.6) is 0 Å². The van der Waals surface area contributed by atoms with Gasteiger partial charge in [0.15, 0.2) is 0 Å². The minimum atomic E-state index is -4.15. The minimum Gasteiger partial charge on any atom is -0.466 e. The van der Waals surface area contributed by atoms with Crippen LogP contribution in [0.15, 0.2) is 18.2 Å². The highest BCUT2D eigenvalue weighted by Crippen LogP contribution is 2.16. The number of hydrogen-bond acceptors (Lipinski definition) is 7. The Morgan fingerprint density at radius 3 is 2.35 bits per heavy atom. The number of aliphatic hydroxyl groups excluding tert-OH is 1. The normalized spacial score (nSPS) is 12.3. The number of para-hydroxylation sites is 1. The standard InChI is InChI=1S/C9H13N.C8H17NO6S/c1-3-8-6-4-5-7(2)9(8)10;1-4-9(6-15-5-2)16(12,13)8(11)7(10)14-3/h4-6H,3,10H2,1-2H3;8,11H,4-6H2,1-3H3. The molecular weight excluding hydrogens is 360 g/mol. The van der Waals surface area contributed by atoms with Gasteiger partial charge in [0.05, 0.1) is 7.11 Å². The molecule has 0 spiro atoms. The van der Waals surface area contributed by atoms with Crippen molar-refractivity contribution in [1.29, 1.82) is 0 Å². The predicted octanol–water partition coefficient (Wildman–Crippen LogP) is 1.26. The van der Waals surface area contributed by atoms with Gasteiger partial charge in [-0.1, -0.05) is 32.0 Å². The summed E-state index contributed by atoms with van der Waals surface area (Å²) in [6.45, 7) is 7.65. The maximum atomic E-state index is 11.7. The molecule has 1 atom stereocenters. The van der Waals surface area contributed by atoms with Gasteiger partial charge >= 0.3 is 5.97 Å². The second kappa shape index (κ2) is 11.8. The Hall–Kier alpha value is -1.68. The number of anilines is 1. The summed E-state index contributed by atoms with van der Waals surface area (Å²) in [6.07, 6.45) is 1.02. The lowest BCUT2D eigenvalue weighted by atomic mass is 10.1. The Labute approximate surface area is 155 Å². The highest BCUT2D eigenvalue weighted by molar-refractivity contribution is 7.90. The van der Waals surface area contributed by atoms with E-state index in [9.17, 15) is 18.3 Å². The van der Waals surface area contributed by atoms with E-state index in [1.807, 2.05) is 19.1 Å². The summed E-state index contributed by atoms with van der Waals surface area (Å²) in [6, 6.07) is 6.15. The third-order valence-electron chi connectivity index (χ3n) is 3.63. The Balaban J connectivity index is 0.000000531. The van der Waals surface area contributed by atoms with Crippen LogP contribution in [0.3, 0.4) is 0 Å². The van der Waals surface area contributed by atoms with Crippen molar-refractivity contribution in [2.45, 2.75) is 39.6 Å². The number of hydrogen-bond donors (Lipinski definition) is 2. The number of nitrogens with two attached hydrogens (primary N) is 1. The van der Waals surface area contributed by atoms with Crippen LogP contribution in [0.25, 0.3) is 0 Å². The lowest BCUT2D eigenvalue weighted by molar-refractivity contribution is -0.146. The van der Waals surface area contributed by atoms with Gasteiger partial charge in [-0.25, -0.2) is 13.2 Å². The number of ether oxygens (including phenoxy) is 2. The number of benzene rings is 1. The lowest BCUT2D eigenvalue weighted by Crippen LogP contribution is -2.44. The average molecular weight is 391 g/mol. The lowest BCUT2D eigenvalue weighted by Gasteiger charge is -2.21. The number of aryl methyl sites for hydroxylation is 2. The fraction of sp³-hybridized carbons (Fsp3) is 0.588. The topological polar surface area (TPSA) is 119 Å². The van der Waals surface area contributed by atoms with Crippen molar-refractivity contribution < 1.29 is 27.8 Å². The molecule has 0 aliphatic rings. The van der Waals surface area contributed by atoms with Gasteiger partial charge in [-0.05, 0) is 31.4 Å².